The number of rotatable bonds is 6. The summed E-state index contributed by atoms with van der Waals surface area (Å²) in [4.78, 5) is 9.81. The van der Waals surface area contributed by atoms with Crippen LogP contribution in [-0.4, -0.2) is 42.7 Å². The van der Waals surface area contributed by atoms with Gasteiger partial charge < -0.3 is 14.1 Å². The first kappa shape index (κ1) is 20.5. The maximum absolute atomic E-state index is 5.99. The lowest BCUT2D eigenvalue weighted by molar-refractivity contribution is 0.281. The van der Waals surface area contributed by atoms with E-state index in [0.29, 0.717) is 12.5 Å². The van der Waals surface area contributed by atoms with Gasteiger partial charge >= 0.3 is 0 Å². The van der Waals surface area contributed by atoms with E-state index >= 15 is 0 Å². The second-order valence-electron chi connectivity index (χ2n) is 7.88. The molecule has 30 heavy (non-hydrogen) atoms. The van der Waals surface area contributed by atoms with E-state index in [1.807, 2.05) is 38.1 Å². The zero-order valence-corrected chi connectivity index (χ0v) is 18.2. The van der Waals surface area contributed by atoms with Gasteiger partial charge in [-0.2, -0.15) is 0 Å². The summed E-state index contributed by atoms with van der Waals surface area (Å²) in [6, 6.07) is 16.6. The molecule has 0 N–H and O–H groups in total. The summed E-state index contributed by atoms with van der Waals surface area (Å²) in [6.07, 6.45) is 1.15. The highest BCUT2D eigenvalue weighted by Crippen LogP contribution is 2.26. The van der Waals surface area contributed by atoms with Crippen molar-refractivity contribution in [2.45, 2.75) is 33.7 Å². The molecule has 1 aromatic heterocycles. The summed E-state index contributed by atoms with van der Waals surface area (Å²) >= 11 is 0. The second kappa shape index (κ2) is 9.35. The van der Waals surface area contributed by atoms with Crippen LogP contribution in [0.15, 0.2) is 52.9 Å². The fourth-order valence-electron chi connectivity index (χ4n) is 4.06. The maximum Gasteiger partial charge on any atom is 0.226 e. The van der Waals surface area contributed by atoms with Gasteiger partial charge in [-0.25, -0.2) is 4.98 Å². The second-order valence-corrected chi connectivity index (χ2v) is 7.88. The molecule has 4 rings (SSSR count). The van der Waals surface area contributed by atoms with E-state index in [4.69, 9.17) is 14.1 Å². The number of hydrogen-bond acceptors (Lipinski definition) is 5. The number of nitrogens with zero attached hydrogens (tertiary/aromatic N) is 3. The van der Waals surface area contributed by atoms with Crippen LogP contribution in [0.1, 0.15) is 30.4 Å². The van der Waals surface area contributed by atoms with E-state index in [-0.39, 0.29) is 0 Å². The molecule has 2 heterocycles. The van der Waals surface area contributed by atoms with Crippen LogP contribution in [0.5, 0.6) is 5.75 Å². The Bertz CT molecular complexity index is 965. The van der Waals surface area contributed by atoms with Crippen molar-refractivity contribution in [3.05, 3.63) is 65.5 Å². The third-order valence-corrected chi connectivity index (χ3v) is 5.72. The Morgan fingerprint density at radius 2 is 1.77 bits per heavy atom. The van der Waals surface area contributed by atoms with E-state index < -0.39 is 0 Å². The average Bonchev–Trinajstić information content (AvgIpc) is 2.96. The molecular weight excluding hydrogens is 374 g/mol. The molecule has 0 saturated carbocycles. The summed E-state index contributed by atoms with van der Waals surface area (Å²) < 4.78 is 11.5. The highest BCUT2D eigenvalue weighted by Gasteiger charge is 2.19. The number of ether oxygens (including phenoxy) is 1. The predicted molar refractivity (Wildman–Crippen MR) is 121 cm³/mol. The largest absolute Gasteiger partial charge is 0.494 e. The molecule has 0 atom stereocenters. The van der Waals surface area contributed by atoms with Crippen molar-refractivity contribution in [2.75, 3.05) is 37.7 Å². The minimum Gasteiger partial charge on any atom is -0.494 e. The van der Waals surface area contributed by atoms with Gasteiger partial charge in [0.25, 0.3) is 0 Å². The van der Waals surface area contributed by atoms with E-state index in [2.05, 4.69) is 41.0 Å². The smallest absolute Gasteiger partial charge is 0.226 e. The van der Waals surface area contributed by atoms with Crippen LogP contribution in [0.2, 0.25) is 0 Å². The Labute approximate surface area is 179 Å². The van der Waals surface area contributed by atoms with Crippen LogP contribution >= 0.6 is 0 Å². The van der Waals surface area contributed by atoms with Crippen LogP contribution in [0.4, 0.5) is 5.69 Å². The van der Waals surface area contributed by atoms with Gasteiger partial charge in [-0.05, 0) is 63.1 Å². The summed E-state index contributed by atoms with van der Waals surface area (Å²) in [7, 11) is 0. The monoisotopic (exact) mass is 405 g/mol. The first-order valence-corrected chi connectivity index (χ1v) is 10.9. The summed E-state index contributed by atoms with van der Waals surface area (Å²) in [5, 5.41) is 0. The third kappa shape index (κ3) is 4.68. The molecular formula is C25H31N3O2. The Morgan fingerprint density at radius 3 is 2.53 bits per heavy atom. The van der Waals surface area contributed by atoms with E-state index in [1.165, 1.54) is 11.3 Å². The highest BCUT2D eigenvalue weighted by molar-refractivity contribution is 5.55. The minimum absolute atomic E-state index is 0.665. The molecule has 0 unspecified atom stereocenters. The Balaban J connectivity index is 1.41. The van der Waals surface area contributed by atoms with E-state index in [9.17, 15) is 0 Å². The van der Waals surface area contributed by atoms with Crippen molar-refractivity contribution in [2.24, 2.45) is 0 Å². The Hall–Kier alpha value is -2.79. The van der Waals surface area contributed by atoms with Crippen molar-refractivity contribution in [3.8, 4) is 17.2 Å². The SMILES string of the molecule is CCOc1ccc(-c2nc(CN3CCCN(c4ccccc4C)CC3)c(C)o2)cc1. The number of oxazole rings is 1. The molecule has 0 amide bonds. The van der Waals surface area contributed by atoms with Gasteiger partial charge in [0.05, 0.1) is 12.3 Å². The summed E-state index contributed by atoms with van der Waals surface area (Å²) in [5.74, 6) is 2.45. The maximum atomic E-state index is 5.99. The lowest BCUT2D eigenvalue weighted by atomic mass is 10.2. The number of hydrogen-bond donors (Lipinski definition) is 0. The Kier molecular flexibility index (Phi) is 6.38. The van der Waals surface area contributed by atoms with Crippen LogP contribution in [-0.2, 0) is 6.54 Å². The number of aryl methyl sites for hydroxylation is 2. The van der Waals surface area contributed by atoms with Gasteiger partial charge in [0.1, 0.15) is 11.5 Å². The molecule has 2 aromatic carbocycles. The van der Waals surface area contributed by atoms with Crippen molar-refractivity contribution in [1.29, 1.82) is 0 Å². The number of anilines is 1. The van der Waals surface area contributed by atoms with E-state index in [1.54, 1.807) is 0 Å². The van der Waals surface area contributed by atoms with Gasteiger partial charge in [-0.3, -0.25) is 4.90 Å². The molecule has 0 bridgehead atoms. The normalized spacial score (nSPS) is 15.2. The van der Waals surface area contributed by atoms with Crippen molar-refractivity contribution < 1.29 is 9.15 Å². The number of para-hydroxylation sites is 1. The fourth-order valence-corrected chi connectivity index (χ4v) is 4.06. The molecule has 1 aliphatic rings. The molecule has 1 aliphatic heterocycles. The van der Waals surface area contributed by atoms with Crippen LogP contribution in [0, 0.1) is 13.8 Å². The highest BCUT2D eigenvalue weighted by atomic mass is 16.5. The van der Waals surface area contributed by atoms with Gasteiger partial charge in [-0.15, -0.1) is 0 Å². The van der Waals surface area contributed by atoms with Crippen molar-refractivity contribution in [1.82, 2.24) is 9.88 Å². The van der Waals surface area contributed by atoms with Crippen molar-refractivity contribution >= 4 is 5.69 Å². The number of benzene rings is 2. The molecule has 0 radical (unpaired) electrons. The Morgan fingerprint density at radius 1 is 0.967 bits per heavy atom. The molecule has 0 spiro atoms. The van der Waals surface area contributed by atoms with Gasteiger partial charge in [0.2, 0.25) is 5.89 Å². The fraction of sp³-hybridized carbons (Fsp3) is 0.400. The first-order valence-electron chi connectivity index (χ1n) is 10.9. The van der Waals surface area contributed by atoms with Gasteiger partial charge in [0, 0.05) is 44.0 Å². The summed E-state index contributed by atoms with van der Waals surface area (Å²) in [5.41, 5.74) is 4.71. The quantitative estimate of drug-likeness (QED) is 0.573. The lowest BCUT2D eigenvalue weighted by Gasteiger charge is -2.25. The lowest BCUT2D eigenvalue weighted by Crippen LogP contribution is -2.31. The standard InChI is InChI=1S/C25H31N3O2/c1-4-29-22-12-10-21(11-13-22)25-26-23(20(3)30-25)18-27-14-7-15-28(17-16-27)24-9-6-5-8-19(24)2/h5-6,8-13H,4,7,14-18H2,1-3H3. The zero-order chi connectivity index (χ0) is 20.9. The molecule has 5 nitrogen and oxygen atoms in total. The van der Waals surface area contributed by atoms with Crippen molar-refractivity contribution in [3.63, 3.8) is 0 Å². The van der Waals surface area contributed by atoms with Crippen LogP contribution in [0.3, 0.4) is 0 Å². The first-order chi connectivity index (χ1) is 14.6. The molecule has 1 saturated heterocycles. The van der Waals surface area contributed by atoms with Gasteiger partial charge in [-0.1, -0.05) is 18.2 Å². The van der Waals surface area contributed by atoms with E-state index in [0.717, 1.165) is 61.9 Å². The average molecular weight is 406 g/mol. The number of aromatic nitrogens is 1. The molecule has 5 heteroatoms. The third-order valence-electron chi connectivity index (χ3n) is 5.72. The summed E-state index contributed by atoms with van der Waals surface area (Å²) in [6.45, 7) is 11.9. The topological polar surface area (TPSA) is 41.7 Å². The minimum atomic E-state index is 0.665. The van der Waals surface area contributed by atoms with Crippen LogP contribution in [0.25, 0.3) is 11.5 Å². The zero-order valence-electron chi connectivity index (χ0n) is 18.2. The molecule has 1 fully saturated rings. The van der Waals surface area contributed by atoms with Gasteiger partial charge in [0.15, 0.2) is 0 Å². The molecule has 3 aromatic rings. The molecule has 158 valence electrons. The molecule has 0 aliphatic carbocycles. The predicted octanol–water partition coefficient (Wildman–Crippen LogP) is 5.07. The van der Waals surface area contributed by atoms with Crippen LogP contribution < -0.4 is 9.64 Å².